The van der Waals surface area contributed by atoms with Crippen LogP contribution < -0.4 is 10.1 Å². The molecule has 0 saturated carbocycles. The molecule has 1 aliphatic heterocycles. The Hall–Kier alpha value is -0.780. The van der Waals surface area contributed by atoms with Crippen LogP contribution in [0.2, 0.25) is 10.0 Å². The van der Waals surface area contributed by atoms with E-state index in [2.05, 4.69) is 21.2 Å². The highest BCUT2D eigenvalue weighted by atomic mass is 79.9. The van der Waals surface area contributed by atoms with E-state index in [9.17, 15) is 0 Å². The first-order chi connectivity index (χ1) is 11.1. The maximum atomic E-state index is 6.13. The third-order valence-corrected chi connectivity index (χ3v) is 4.68. The van der Waals surface area contributed by atoms with Crippen LogP contribution in [0.4, 0.5) is 0 Å². The molecule has 1 saturated heterocycles. The average molecular weight is 417 g/mol. The fourth-order valence-electron chi connectivity index (χ4n) is 2.46. The van der Waals surface area contributed by atoms with E-state index in [1.54, 1.807) is 12.1 Å². The molecular weight excluding hydrogens is 401 g/mol. The molecule has 0 unspecified atom stereocenters. The summed E-state index contributed by atoms with van der Waals surface area (Å²) in [5.74, 6) is 1.43. The minimum Gasteiger partial charge on any atom is -0.456 e. The van der Waals surface area contributed by atoms with E-state index in [0.29, 0.717) is 15.8 Å². The van der Waals surface area contributed by atoms with E-state index < -0.39 is 0 Å². The molecule has 1 fully saturated rings. The van der Waals surface area contributed by atoms with E-state index in [4.69, 9.17) is 32.7 Å². The number of ether oxygens (including phenoxy) is 2. The Kier molecular flexibility index (Phi) is 5.83. The Morgan fingerprint density at radius 3 is 2.65 bits per heavy atom. The standard InChI is InChI=1S/C17H16BrCl2NO2/c18-15-8-12(19)3-4-16(15)23-17-9-13(20)2-1-11(17)7-14-10-21-5-6-22-14/h1-4,8-9,14,21H,5-7,10H2/t14-/m0/s1. The monoisotopic (exact) mass is 415 g/mol. The van der Waals surface area contributed by atoms with Gasteiger partial charge in [0, 0.05) is 29.6 Å². The van der Waals surface area contributed by atoms with Crippen LogP contribution in [-0.4, -0.2) is 25.8 Å². The summed E-state index contributed by atoms with van der Waals surface area (Å²) < 4.78 is 12.6. The van der Waals surface area contributed by atoms with Crippen LogP contribution in [0.1, 0.15) is 5.56 Å². The van der Waals surface area contributed by atoms with Crippen molar-refractivity contribution in [1.82, 2.24) is 5.32 Å². The van der Waals surface area contributed by atoms with Crippen molar-refractivity contribution in [1.29, 1.82) is 0 Å². The first-order valence-electron chi connectivity index (χ1n) is 7.35. The SMILES string of the molecule is Clc1ccc(Oc2cc(Cl)ccc2C[C@H]2CNCCO2)c(Br)c1. The molecule has 0 amide bonds. The number of morpholine rings is 1. The molecule has 2 aromatic rings. The van der Waals surface area contributed by atoms with Crippen molar-refractivity contribution in [3.63, 3.8) is 0 Å². The molecule has 0 aromatic heterocycles. The molecule has 6 heteroatoms. The topological polar surface area (TPSA) is 30.5 Å². The van der Waals surface area contributed by atoms with Crippen LogP contribution in [0.3, 0.4) is 0 Å². The van der Waals surface area contributed by atoms with Gasteiger partial charge in [0.05, 0.1) is 17.2 Å². The second-order valence-electron chi connectivity index (χ2n) is 5.33. The molecule has 1 N–H and O–H groups in total. The van der Waals surface area contributed by atoms with Crippen LogP contribution in [0.15, 0.2) is 40.9 Å². The maximum absolute atomic E-state index is 6.13. The lowest BCUT2D eigenvalue weighted by Gasteiger charge is -2.24. The largest absolute Gasteiger partial charge is 0.456 e. The Balaban J connectivity index is 1.83. The quantitative estimate of drug-likeness (QED) is 0.753. The van der Waals surface area contributed by atoms with Crippen LogP contribution >= 0.6 is 39.1 Å². The van der Waals surface area contributed by atoms with Gasteiger partial charge in [-0.25, -0.2) is 0 Å². The highest BCUT2D eigenvalue weighted by Gasteiger charge is 2.17. The van der Waals surface area contributed by atoms with Gasteiger partial charge in [-0.3, -0.25) is 0 Å². The first-order valence-corrected chi connectivity index (χ1v) is 8.90. The minimum atomic E-state index is 0.140. The second kappa shape index (κ2) is 7.86. The van der Waals surface area contributed by atoms with Crippen molar-refractivity contribution >= 4 is 39.1 Å². The van der Waals surface area contributed by atoms with Gasteiger partial charge in [-0.15, -0.1) is 0 Å². The van der Waals surface area contributed by atoms with Gasteiger partial charge in [-0.05, 0) is 51.8 Å². The van der Waals surface area contributed by atoms with Crippen molar-refractivity contribution in [2.45, 2.75) is 12.5 Å². The average Bonchev–Trinajstić information content (AvgIpc) is 2.54. The van der Waals surface area contributed by atoms with Gasteiger partial charge in [0.1, 0.15) is 11.5 Å². The van der Waals surface area contributed by atoms with Gasteiger partial charge < -0.3 is 14.8 Å². The third-order valence-electron chi connectivity index (χ3n) is 3.60. The smallest absolute Gasteiger partial charge is 0.141 e. The summed E-state index contributed by atoms with van der Waals surface area (Å²) in [6.07, 6.45) is 0.908. The minimum absolute atomic E-state index is 0.140. The Morgan fingerprint density at radius 2 is 1.91 bits per heavy atom. The van der Waals surface area contributed by atoms with E-state index in [0.717, 1.165) is 41.9 Å². The zero-order chi connectivity index (χ0) is 16.2. The van der Waals surface area contributed by atoms with Gasteiger partial charge >= 0.3 is 0 Å². The summed E-state index contributed by atoms with van der Waals surface area (Å²) >= 11 is 15.6. The van der Waals surface area contributed by atoms with Crippen molar-refractivity contribution in [2.24, 2.45) is 0 Å². The summed E-state index contributed by atoms with van der Waals surface area (Å²) in [4.78, 5) is 0. The molecule has 0 radical (unpaired) electrons. The summed E-state index contributed by atoms with van der Waals surface area (Å²) in [5.41, 5.74) is 1.06. The van der Waals surface area contributed by atoms with Gasteiger partial charge in [0.25, 0.3) is 0 Å². The fraction of sp³-hybridized carbons (Fsp3) is 0.294. The van der Waals surface area contributed by atoms with Crippen molar-refractivity contribution in [3.05, 3.63) is 56.5 Å². The molecule has 1 aliphatic rings. The molecule has 122 valence electrons. The normalized spacial score (nSPS) is 18.0. The molecular formula is C17H16BrCl2NO2. The van der Waals surface area contributed by atoms with E-state index >= 15 is 0 Å². The molecule has 23 heavy (non-hydrogen) atoms. The van der Waals surface area contributed by atoms with Crippen molar-refractivity contribution in [2.75, 3.05) is 19.7 Å². The van der Waals surface area contributed by atoms with E-state index in [1.807, 2.05) is 24.3 Å². The maximum Gasteiger partial charge on any atom is 0.141 e. The summed E-state index contributed by atoms with van der Waals surface area (Å²) in [7, 11) is 0. The first kappa shape index (κ1) is 17.1. The third kappa shape index (κ3) is 4.61. The predicted octanol–water partition coefficient (Wildman–Crippen LogP) is 5.08. The highest BCUT2D eigenvalue weighted by Crippen LogP contribution is 2.35. The van der Waals surface area contributed by atoms with Crippen molar-refractivity contribution < 1.29 is 9.47 Å². The number of hydrogen-bond donors (Lipinski definition) is 1. The van der Waals surface area contributed by atoms with Gasteiger partial charge in [0.15, 0.2) is 0 Å². The molecule has 3 nitrogen and oxygen atoms in total. The van der Waals surface area contributed by atoms with Crippen molar-refractivity contribution in [3.8, 4) is 11.5 Å². The van der Waals surface area contributed by atoms with Crippen LogP contribution in [0.25, 0.3) is 0 Å². The van der Waals surface area contributed by atoms with Gasteiger partial charge in [-0.2, -0.15) is 0 Å². The summed E-state index contributed by atoms with van der Waals surface area (Å²) in [6, 6.07) is 11.1. The number of nitrogens with one attached hydrogen (secondary N) is 1. The summed E-state index contributed by atoms with van der Waals surface area (Å²) in [6.45, 7) is 2.47. The zero-order valence-corrected chi connectivity index (χ0v) is 15.4. The molecule has 0 spiro atoms. The van der Waals surface area contributed by atoms with Gasteiger partial charge in [0.2, 0.25) is 0 Å². The lowest BCUT2D eigenvalue weighted by atomic mass is 10.1. The van der Waals surface area contributed by atoms with Crippen LogP contribution in [0.5, 0.6) is 11.5 Å². The predicted molar refractivity (Wildman–Crippen MR) is 97.0 cm³/mol. The lowest BCUT2D eigenvalue weighted by Crippen LogP contribution is -2.39. The number of rotatable bonds is 4. The van der Waals surface area contributed by atoms with Crippen LogP contribution in [0, 0.1) is 0 Å². The highest BCUT2D eigenvalue weighted by molar-refractivity contribution is 9.10. The number of benzene rings is 2. The molecule has 0 aliphatic carbocycles. The Morgan fingerprint density at radius 1 is 1.13 bits per heavy atom. The molecule has 2 aromatic carbocycles. The second-order valence-corrected chi connectivity index (χ2v) is 7.06. The molecule has 1 atom stereocenters. The number of halogens is 3. The zero-order valence-electron chi connectivity index (χ0n) is 12.3. The Bertz CT molecular complexity index is 690. The summed E-state index contributed by atoms with van der Waals surface area (Å²) in [5, 5.41) is 4.62. The Labute approximate surface area is 154 Å². The number of hydrogen-bond acceptors (Lipinski definition) is 3. The van der Waals surface area contributed by atoms with E-state index in [1.165, 1.54) is 0 Å². The van der Waals surface area contributed by atoms with Gasteiger partial charge in [-0.1, -0.05) is 29.3 Å². The molecule has 1 heterocycles. The van der Waals surface area contributed by atoms with E-state index in [-0.39, 0.29) is 6.10 Å². The fourth-order valence-corrected chi connectivity index (χ4v) is 3.39. The van der Waals surface area contributed by atoms with Crippen LogP contribution in [-0.2, 0) is 11.2 Å². The lowest BCUT2D eigenvalue weighted by molar-refractivity contribution is 0.0289. The molecule has 0 bridgehead atoms. The molecule has 3 rings (SSSR count).